The van der Waals surface area contributed by atoms with E-state index in [-0.39, 0.29) is 12.1 Å². The quantitative estimate of drug-likeness (QED) is 0.543. The zero-order chi connectivity index (χ0) is 22.0. The molecule has 6 nitrogen and oxygen atoms in total. The predicted octanol–water partition coefficient (Wildman–Crippen LogP) is 5.49. The monoisotopic (exact) mass is 423 g/mol. The highest BCUT2D eigenvalue weighted by Crippen LogP contribution is 2.34. The Bertz CT molecular complexity index is 1030. The molecule has 2 aromatic carbocycles. The number of fused-ring (bicyclic) bond motifs is 2. The normalized spacial score (nSPS) is 16.3. The SMILES string of the molecule is COC[C@H]1c2ccc(OCc3cc4ccccc4o3)cc2CCN1C(=O)OC(C)(C)C. The fourth-order valence-corrected chi connectivity index (χ4v) is 3.92. The number of methoxy groups -OCH3 is 1. The summed E-state index contributed by atoms with van der Waals surface area (Å²) in [4.78, 5) is 14.5. The first-order chi connectivity index (χ1) is 14.8. The number of hydrogen-bond acceptors (Lipinski definition) is 5. The first kappa shape index (κ1) is 21.2. The molecule has 1 amide bonds. The van der Waals surface area contributed by atoms with Crippen molar-refractivity contribution in [1.82, 2.24) is 4.90 Å². The van der Waals surface area contributed by atoms with E-state index in [1.807, 2.05) is 69.3 Å². The molecular weight excluding hydrogens is 394 g/mol. The standard InChI is InChI=1S/C25H29NO5/c1-25(2,3)31-24(27)26-12-11-17-13-19(9-10-21(17)22(26)16-28-4)29-15-20-14-18-7-5-6-8-23(18)30-20/h5-10,13-14,22H,11-12,15-16H2,1-4H3/t22-/m0/s1. The average molecular weight is 424 g/mol. The molecule has 0 aliphatic carbocycles. The molecular formula is C25H29NO5. The Balaban J connectivity index is 1.49. The van der Waals surface area contributed by atoms with E-state index >= 15 is 0 Å². The number of carbonyl (C=O) groups excluding carboxylic acids is 1. The van der Waals surface area contributed by atoms with Gasteiger partial charge in [-0.25, -0.2) is 4.79 Å². The second-order valence-electron chi connectivity index (χ2n) is 8.79. The molecule has 1 aliphatic heterocycles. The molecule has 0 bridgehead atoms. The number of carbonyl (C=O) groups is 1. The minimum absolute atomic E-state index is 0.187. The molecule has 31 heavy (non-hydrogen) atoms. The van der Waals surface area contributed by atoms with Crippen LogP contribution in [0.25, 0.3) is 11.0 Å². The maximum Gasteiger partial charge on any atom is 0.410 e. The van der Waals surface area contributed by atoms with E-state index in [2.05, 4.69) is 0 Å². The lowest BCUT2D eigenvalue weighted by atomic mass is 9.93. The minimum atomic E-state index is -0.538. The number of ether oxygens (including phenoxy) is 3. The van der Waals surface area contributed by atoms with Crippen LogP contribution in [0.2, 0.25) is 0 Å². The van der Waals surface area contributed by atoms with Crippen LogP contribution in [0.4, 0.5) is 4.79 Å². The lowest BCUT2D eigenvalue weighted by Gasteiger charge is -2.37. The van der Waals surface area contributed by atoms with Gasteiger partial charge in [0, 0.05) is 19.0 Å². The molecule has 0 saturated heterocycles. The van der Waals surface area contributed by atoms with Crippen molar-refractivity contribution < 1.29 is 23.4 Å². The number of hydrogen-bond donors (Lipinski definition) is 0. The maximum absolute atomic E-state index is 12.7. The van der Waals surface area contributed by atoms with E-state index in [1.54, 1.807) is 12.0 Å². The van der Waals surface area contributed by atoms with Crippen LogP contribution in [0.15, 0.2) is 52.9 Å². The van der Waals surface area contributed by atoms with Crippen molar-refractivity contribution in [1.29, 1.82) is 0 Å². The molecule has 1 aromatic heterocycles. The smallest absolute Gasteiger partial charge is 0.410 e. The van der Waals surface area contributed by atoms with Crippen molar-refractivity contribution in [3.8, 4) is 5.75 Å². The molecule has 4 rings (SSSR count). The number of rotatable bonds is 5. The van der Waals surface area contributed by atoms with Gasteiger partial charge in [-0.05, 0) is 62.6 Å². The van der Waals surface area contributed by atoms with Crippen LogP contribution in [-0.2, 0) is 22.5 Å². The lowest BCUT2D eigenvalue weighted by molar-refractivity contribution is 0.00322. The van der Waals surface area contributed by atoms with E-state index in [4.69, 9.17) is 18.6 Å². The van der Waals surface area contributed by atoms with Crippen LogP contribution in [-0.4, -0.2) is 36.9 Å². The van der Waals surface area contributed by atoms with Crippen molar-refractivity contribution in [3.05, 3.63) is 65.4 Å². The van der Waals surface area contributed by atoms with Gasteiger partial charge in [0.1, 0.15) is 29.3 Å². The molecule has 0 radical (unpaired) electrons. The Morgan fingerprint density at radius 2 is 1.97 bits per heavy atom. The van der Waals surface area contributed by atoms with Crippen molar-refractivity contribution in [3.63, 3.8) is 0 Å². The minimum Gasteiger partial charge on any atom is -0.486 e. The van der Waals surface area contributed by atoms with E-state index in [1.165, 1.54) is 0 Å². The number of nitrogens with zero attached hydrogens (tertiary/aromatic N) is 1. The molecule has 164 valence electrons. The van der Waals surface area contributed by atoms with Crippen molar-refractivity contribution in [2.24, 2.45) is 0 Å². The number of para-hydroxylation sites is 1. The van der Waals surface area contributed by atoms with Gasteiger partial charge in [0.25, 0.3) is 0 Å². The molecule has 1 aliphatic rings. The van der Waals surface area contributed by atoms with E-state index in [0.29, 0.717) is 19.8 Å². The summed E-state index contributed by atoms with van der Waals surface area (Å²) < 4.78 is 22.8. The van der Waals surface area contributed by atoms with E-state index in [0.717, 1.165) is 40.0 Å². The van der Waals surface area contributed by atoms with E-state index < -0.39 is 5.60 Å². The fourth-order valence-electron chi connectivity index (χ4n) is 3.92. The third-order valence-corrected chi connectivity index (χ3v) is 5.28. The lowest BCUT2D eigenvalue weighted by Crippen LogP contribution is -2.44. The zero-order valence-corrected chi connectivity index (χ0v) is 18.5. The molecule has 0 fully saturated rings. The number of benzene rings is 2. The maximum atomic E-state index is 12.7. The Hall–Kier alpha value is -2.99. The molecule has 2 heterocycles. The summed E-state index contributed by atoms with van der Waals surface area (Å²) in [5, 5.41) is 1.07. The third kappa shape index (κ3) is 4.85. The summed E-state index contributed by atoms with van der Waals surface area (Å²) in [6, 6.07) is 15.7. The fraction of sp³-hybridized carbons (Fsp3) is 0.400. The van der Waals surface area contributed by atoms with Gasteiger partial charge in [-0.1, -0.05) is 24.3 Å². The van der Waals surface area contributed by atoms with Gasteiger partial charge >= 0.3 is 6.09 Å². The Morgan fingerprint density at radius 3 is 2.71 bits per heavy atom. The van der Waals surface area contributed by atoms with Gasteiger partial charge in [-0.2, -0.15) is 0 Å². The third-order valence-electron chi connectivity index (χ3n) is 5.28. The van der Waals surface area contributed by atoms with Gasteiger partial charge in [0.05, 0.1) is 12.6 Å². The van der Waals surface area contributed by atoms with Gasteiger partial charge in [-0.3, -0.25) is 4.90 Å². The average Bonchev–Trinajstić information content (AvgIpc) is 3.14. The summed E-state index contributed by atoms with van der Waals surface area (Å²) in [6.07, 6.45) is 0.418. The van der Waals surface area contributed by atoms with Crippen LogP contribution in [0, 0.1) is 0 Å². The van der Waals surface area contributed by atoms with Crippen molar-refractivity contribution in [2.75, 3.05) is 20.3 Å². The van der Waals surface area contributed by atoms with Gasteiger partial charge < -0.3 is 18.6 Å². The number of amides is 1. The summed E-state index contributed by atoms with van der Waals surface area (Å²) in [5.41, 5.74) is 2.54. The molecule has 3 aromatic rings. The summed E-state index contributed by atoms with van der Waals surface area (Å²) >= 11 is 0. The summed E-state index contributed by atoms with van der Waals surface area (Å²) in [7, 11) is 1.65. The Labute approximate surface area is 182 Å². The van der Waals surface area contributed by atoms with Crippen LogP contribution in [0.5, 0.6) is 5.75 Å². The van der Waals surface area contributed by atoms with Crippen LogP contribution in [0.3, 0.4) is 0 Å². The number of furan rings is 1. The summed E-state index contributed by atoms with van der Waals surface area (Å²) in [5.74, 6) is 1.56. The van der Waals surface area contributed by atoms with Crippen molar-refractivity contribution in [2.45, 2.75) is 45.4 Å². The Kier molecular flexibility index (Phi) is 5.92. The first-order valence-electron chi connectivity index (χ1n) is 10.6. The molecule has 1 atom stereocenters. The summed E-state index contributed by atoms with van der Waals surface area (Å²) in [6.45, 7) is 6.96. The van der Waals surface area contributed by atoms with E-state index in [9.17, 15) is 4.79 Å². The molecule has 0 N–H and O–H groups in total. The molecule has 0 unspecified atom stereocenters. The second kappa shape index (κ2) is 8.63. The highest BCUT2D eigenvalue weighted by atomic mass is 16.6. The topological polar surface area (TPSA) is 61.1 Å². The van der Waals surface area contributed by atoms with Crippen LogP contribution in [0.1, 0.15) is 43.7 Å². The predicted molar refractivity (Wildman–Crippen MR) is 118 cm³/mol. The first-order valence-corrected chi connectivity index (χ1v) is 10.6. The highest BCUT2D eigenvalue weighted by molar-refractivity contribution is 5.77. The molecule has 6 heteroatoms. The molecule has 0 spiro atoms. The highest BCUT2D eigenvalue weighted by Gasteiger charge is 2.33. The van der Waals surface area contributed by atoms with Gasteiger partial charge in [-0.15, -0.1) is 0 Å². The van der Waals surface area contributed by atoms with Gasteiger partial charge in [0.15, 0.2) is 0 Å². The van der Waals surface area contributed by atoms with Gasteiger partial charge in [0.2, 0.25) is 0 Å². The van der Waals surface area contributed by atoms with Crippen molar-refractivity contribution >= 4 is 17.1 Å². The van der Waals surface area contributed by atoms with Crippen LogP contribution >= 0.6 is 0 Å². The zero-order valence-electron chi connectivity index (χ0n) is 18.5. The van der Waals surface area contributed by atoms with Crippen LogP contribution < -0.4 is 4.74 Å². The second-order valence-corrected chi connectivity index (χ2v) is 8.79. The largest absolute Gasteiger partial charge is 0.486 e. The molecule has 0 saturated carbocycles. The Morgan fingerprint density at radius 1 is 1.16 bits per heavy atom.